The number of hydrogen-bond donors (Lipinski definition) is 0. The average Bonchev–Trinajstić information content (AvgIpc) is 2.80. The summed E-state index contributed by atoms with van der Waals surface area (Å²) >= 11 is 5.72. The Labute approximate surface area is 101 Å². The second kappa shape index (κ2) is 3.92. The van der Waals surface area contributed by atoms with E-state index < -0.39 is 0 Å². The van der Waals surface area contributed by atoms with Crippen LogP contribution in [0.3, 0.4) is 0 Å². The van der Waals surface area contributed by atoms with E-state index in [0.717, 1.165) is 5.69 Å². The molecule has 3 aromatic rings. The van der Waals surface area contributed by atoms with Crippen molar-refractivity contribution >= 4 is 28.3 Å². The summed E-state index contributed by atoms with van der Waals surface area (Å²) in [4.78, 5) is 4.43. The van der Waals surface area contributed by atoms with E-state index in [0.29, 0.717) is 29.0 Å². The smallest absolute Gasteiger partial charge is 0.182 e. The Morgan fingerprint density at radius 2 is 2.24 bits per heavy atom. The summed E-state index contributed by atoms with van der Waals surface area (Å²) in [7, 11) is 0. The first-order valence-electron chi connectivity index (χ1n) is 5.13. The maximum atomic E-state index is 13.2. The van der Waals surface area contributed by atoms with E-state index in [1.54, 1.807) is 16.8 Å². The first-order valence-corrected chi connectivity index (χ1v) is 5.67. The van der Waals surface area contributed by atoms with Crippen LogP contribution in [0.1, 0.15) is 5.69 Å². The minimum atomic E-state index is -0.306. The highest BCUT2D eigenvalue weighted by atomic mass is 35.5. The largest absolute Gasteiger partial charge is 0.278 e. The minimum absolute atomic E-state index is 0.306. The van der Waals surface area contributed by atoms with E-state index in [4.69, 9.17) is 11.6 Å². The summed E-state index contributed by atoms with van der Waals surface area (Å²) in [5.74, 6) is 0.154. The molecule has 2 heterocycles. The predicted octanol–water partition coefficient (Wildman–Crippen LogP) is 2.20. The summed E-state index contributed by atoms with van der Waals surface area (Å²) in [5, 5.41) is 7.82. The molecule has 0 amide bonds. The first kappa shape index (κ1) is 10.4. The van der Waals surface area contributed by atoms with Crippen LogP contribution < -0.4 is 0 Å². The topological polar surface area (TPSA) is 43.1 Å². The third-order valence-electron chi connectivity index (χ3n) is 2.59. The molecule has 86 valence electrons. The van der Waals surface area contributed by atoms with Gasteiger partial charge >= 0.3 is 0 Å². The molecular formula is C11H8ClFN4. The van der Waals surface area contributed by atoms with Gasteiger partial charge in [-0.15, -0.1) is 21.8 Å². The molecule has 0 atom stereocenters. The van der Waals surface area contributed by atoms with Crippen LogP contribution in [0.2, 0.25) is 0 Å². The maximum Gasteiger partial charge on any atom is 0.182 e. The highest BCUT2D eigenvalue weighted by molar-refractivity contribution is 6.18. The number of aromatic nitrogens is 4. The molecule has 0 aliphatic heterocycles. The zero-order chi connectivity index (χ0) is 11.8. The van der Waals surface area contributed by atoms with Crippen LogP contribution in [0.15, 0.2) is 24.5 Å². The molecule has 0 N–H and O–H groups in total. The van der Waals surface area contributed by atoms with E-state index in [2.05, 4.69) is 15.2 Å². The fourth-order valence-corrected chi connectivity index (χ4v) is 2.02. The third kappa shape index (κ3) is 1.63. The molecule has 0 saturated heterocycles. The molecule has 0 unspecified atom stereocenters. The van der Waals surface area contributed by atoms with E-state index in [1.807, 2.05) is 0 Å². The van der Waals surface area contributed by atoms with Crippen LogP contribution in [-0.2, 0) is 6.42 Å². The number of rotatable bonds is 2. The Kier molecular flexibility index (Phi) is 2.40. The summed E-state index contributed by atoms with van der Waals surface area (Å²) in [6.45, 7) is 0. The fraction of sp³-hybridized carbons (Fsp3) is 0.182. The lowest BCUT2D eigenvalue weighted by molar-refractivity contribution is 0.629. The van der Waals surface area contributed by atoms with E-state index in [1.165, 1.54) is 12.1 Å². The van der Waals surface area contributed by atoms with Crippen molar-refractivity contribution in [3.05, 3.63) is 36.0 Å². The average molecular weight is 251 g/mol. The zero-order valence-electron chi connectivity index (χ0n) is 8.77. The molecule has 3 rings (SSSR count). The Morgan fingerprint density at radius 1 is 1.35 bits per heavy atom. The number of fused-ring (bicyclic) bond motifs is 3. The number of benzene rings is 1. The maximum absolute atomic E-state index is 13.2. The van der Waals surface area contributed by atoms with Crippen molar-refractivity contribution in [1.29, 1.82) is 0 Å². The molecule has 1 aromatic carbocycles. The lowest BCUT2D eigenvalue weighted by Gasteiger charge is -2.05. The first-order chi connectivity index (χ1) is 8.29. The van der Waals surface area contributed by atoms with E-state index in [9.17, 15) is 4.39 Å². The van der Waals surface area contributed by atoms with E-state index >= 15 is 0 Å². The number of nitrogens with zero attached hydrogens (tertiary/aromatic N) is 4. The second-order valence-corrected chi connectivity index (χ2v) is 4.03. The van der Waals surface area contributed by atoms with Crippen molar-refractivity contribution in [2.75, 3.05) is 5.88 Å². The molecule has 17 heavy (non-hydrogen) atoms. The van der Waals surface area contributed by atoms with Crippen LogP contribution in [0.5, 0.6) is 0 Å². The van der Waals surface area contributed by atoms with Crippen molar-refractivity contribution in [1.82, 2.24) is 19.6 Å². The van der Waals surface area contributed by atoms with Gasteiger partial charge in [0.2, 0.25) is 0 Å². The summed E-state index contributed by atoms with van der Waals surface area (Å²) < 4.78 is 14.9. The van der Waals surface area contributed by atoms with Gasteiger partial charge in [0.1, 0.15) is 12.1 Å². The zero-order valence-corrected chi connectivity index (χ0v) is 9.52. The number of aryl methyl sites for hydroxylation is 1. The van der Waals surface area contributed by atoms with Gasteiger partial charge in [-0.3, -0.25) is 4.40 Å². The molecule has 4 nitrogen and oxygen atoms in total. The van der Waals surface area contributed by atoms with Crippen LogP contribution in [-0.4, -0.2) is 25.5 Å². The third-order valence-corrected chi connectivity index (χ3v) is 2.78. The lowest BCUT2D eigenvalue weighted by atomic mass is 10.2. The van der Waals surface area contributed by atoms with Crippen molar-refractivity contribution < 1.29 is 4.39 Å². The van der Waals surface area contributed by atoms with Gasteiger partial charge in [-0.25, -0.2) is 9.37 Å². The second-order valence-electron chi connectivity index (χ2n) is 3.66. The molecule has 6 heteroatoms. The SMILES string of the molecule is Fc1ccc2nc(CCCl)c3nncn3c2c1. The van der Waals surface area contributed by atoms with Crippen LogP contribution in [0.25, 0.3) is 16.7 Å². The number of hydrogen-bond acceptors (Lipinski definition) is 3. The predicted molar refractivity (Wildman–Crippen MR) is 62.7 cm³/mol. The van der Waals surface area contributed by atoms with Gasteiger partial charge in [-0.1, -0.05) is 0 Å². The lowest BCUT2D eigenvalue weighted by Crippen LogP contribution is -2.00. The number of halogens is 2. The molecule has 2 aromatic heterocycles. The quantitative estimate of drug-likeness (QED) is 0.655. The Bertz CT molecular complexity index is 694. The Morgan fingerprint density at radius 3 is 3.06 bits per heavy atom. The van der Waals surface area contributed by atoms with Crippen LogP contribution in [0.4, 0.5) is 4.39 Å². The van der Waals surface area contributed by atoms with Gasteiger partial charge in [-0.05, 0) is 12.1 Å². The highest BCUT2D eigenvalue weighted by Crippen LogP contribution is 2.18. The highest BCUT2D eigenvalue weighted by Gasteiger charge is 2.10. The summed E-state index contributed by atoms with van der Waals surface area (Å²) in [5.41, 5.74) is 2.77. The van der Waals surface area contributed by atoms with Crippen molar-refractivity contribution in [3.8, 4) is 0 Å². The fourth-order valence-electron chi connectivity index (χ4n) is 1.84. The molecule has 0 radical (unpaired) electrons. The molecule has 0 aliphatic rings. The van der Waals surface area contributed by atoms with Crippen molar-refractivity contribution in [2.24, 2.45) is 0 Å². The molecule has 0 fully saturated rings. The minimum Gasteiger partial charge on any atom is -0.278 e. The summed E-state index contributed by atoms with van der Waals surface area (Å²) in [6.07, 6.45) is 2.16. The molecular weight excluding hydrogens is 243 g/mol. The molecule has 0 aliphatic carbocycles. The normalized spacial score (nSPS) is 11.4. The van der Waals surface area contributed by atoms with Crippen molar-refractivity contribution in [3.63, 3.8) is 0 Å². The van der Waals surface area contributed by atoms with Gasteiger partial charge in [-0.2, -0.15) is 0 Å². The van der Waals surface area contributed by atoms with Gasteiger partial charge in [0.05, 0.1) is 16.7 Å². The Hall–Kier alpha value is -1.75. The van der Waals surface area contributed by atoms with Crippen molar-refractivity contribution in [2.45, 2.75) is 6.42 Å². The van der Waals surface area contributed by atoms with Gasteiger partial charge < -0.3 is 0 Å². The molecule has 0 saturated carbocycles. The summed E-state index contributed by atoms with van der Waals surface area (Å²) in [6, 6.07) is 4.45. The van der Waals surface area contributed by atoms with Crippen LogP contribution in [0, 0.1) is 5.82 Å². The number of alkyl halides is 1. The van der Waals surface area contributed by atoms with E-state index in [-0.39, 0.29) is 5.82 Å². The monoisotopic (exact) mass is 250 g/mol. The molecule has 0 bridgehead atoms. The standard InChI is InChI=1S/C11H8ClFN4/c12-4-3-9-11-16-14-6-17(11)10-5-7(13)1-2-8(10)15-9/h1-2,5-6H,3-4H2. The molecule has 0 spiro atoms. The Balaban J connectivity index is 2.42. The van der Waals surface area contributed by atoms with Gasteiger partial charge in [0, 0.05) is 18.4 Å². The van der Waals surface area contributed by atoms with Gasteiger partial charge in [0.15, 0.2) is 5.65 Å². The van der Waals surface area contributed by atoms with Gasteiger partial charge in [0.25, 0.3) is 0 Å². The van der Waals surface area contributed by atoms with Crippen LogP contribution >= 0.6 is 11.6 Å².